The molecule has 0 aromatic heterocycles. The molecular weight excluding hydrogens is 281 g/mol. The molecule has 2 N–H and O–H groups in total. The van der Waals surface area contributed by atoms with Gasteiger partial charge in [0.25, 0.3) is 0 Å². The van der Waals surface area contributed by atoms with Gasteiger partial charge in [0, 0.05) is 0 Å². The number of nitrogens with one attached hydrogen (secondary N) is 1. The zero-order valence-electron chi connectivity index (χ0n) is 11.6. The van der Waals surface area contributed by atoms with Gasteiger partial charge < -0.3 is 14.4 Å². The van der Waals surface area contributed by atoms with Crippen LogP contribution in [0.25, 0.3) is 0 Å². The number of esters is 1. The lowest BCUT2D eigenvalue weighted by molar-refractivity contribution is -0.144. The summed E-state index contributed by atoms with van der Waals surface area (Å²) < 4.78 is 22.9. The molecule has 7 heteroatoms. The molecule has 1 aromatic rings. The van der Waals surface area contributed by atoms with Crippen molar-refractivity contribution in [1.82, 2.24) is 5.09 Å². The van der Waals surface area contributed by atoms with Crippen molar-refractivity contribution in [2.45, 2.75) is 19.9 Å². The van der Waals surface area contributed by atoms with Gasteiger partial charge in [-0.3, -0.25) is 9.36 Å². The minimum absolute atomic E-state index is 0.0916. The van der Waals surface area contributed by atoms with Crippen LogP contribution in [0.2, 0.25) is 0 Å². The molecule has 0 saturated carbocycles. The second kappa shape index (κ2) is 8.04. The van der Waals surface area contributed by atoms with Crippen molar-refractivity contribution in [1.29, 1.82) is 0 Å². The van der Waals surface area contributed by atoms with Crippen molar-refractivity contribution in [2.75, 3.05) is 19.4 Å². The van der Waals surface area contributed by atoms with Crippen molar-refractivity contribution in [3.05, 3.63) is 30.3 Å². The van der Waals surface area contributed by atoms with E-state index in [1.54, 1.807) is 37.3 Å². The Bertz CT molecular complexity index is 465. The lowest BCUT2D eigenvalue weighted by atomic mass is 10.3. The Kier molecular flexibility index (Phi) is 6.71. The first-order valence-corrected chi connectivity index (χ1v) is 8.20. The molecule has 6 nitrogen and oxygen atoms in total. The van der Waals surface area contributed by atoms with Gasteiger partial charge in [-0.2, -0.15) is 0 Å². The van der Waals surface area contributed by atoms with Gasteiger partial charge in [0.2, 0.25) is 0 Å². The van der Waals surface area contributed by atoms with E-state index in [2.05, 4.69) is 5.09 Å². The summed E-state index contributed by atoms with van der Waals surface area (Å²) in [4.78, 5) is 11.6. The third kappa shape index (κ3) is 5.33. The molecule has 1 unspecified atom stereocenters. The molecule has 1 aromatic carbocycles. The molecule has 20 heavy (non-hydrogen) atoms. The van der Waals surface area contributed by atoms with E-state index in [-0.39, 0.29) is 19.4 Å². The number of benzene rings is 1. The van der Waals surface area contributed by atoms with E-state index in [9.17, 15) is 9.36 Å². The summed E-state index contributed by atoms with van der Waals surface area (Å²) >= 11 is 0. The van der Waals surface area contributed by atoms with Gasteiger partial charge in [-0.1, -0.05) is 18.2 Å². The van der Waals surface area contributed by atoms with E-state index in [0.717, 1.165) is 0 Å². The summed E-state index contributed by atoms with van der Waals surface area (Å²) in [5.41, 5.74) is 0. The van der Waals surface area contributed by atoms with Crippen LogP contribution in [0.1, 0.15) is 13.8 Å². The maximum Gasteiger partial charge on any atom is 0.323 e. The van der Waals surface area contributed by atoms with Gasteiger partial charge in [0.1, 0.15) is 11.8 Å². The van der Waals surface area contributed by atoms with Crippen molar-refractivity contribution in [3.8, 4) is 5.75 Å². The third-order valence-electron chi connectivity index (χ3n) is 2.42. The maximum atomic E-state index is 12.6. The van der Waals surface area contributed by atoms with Crippen LogP contribution in [-0.4, -0.2) is 36.5 Å². The summed E-state index contributed by atoms with van der Waals surface area (Å²) in [5, 5.41) is 11.7. The van der Waals surface area contributed by atoms with Crippen molar-refractivity contribution < 1.29 is 23.7 Å². The highest BCUT2D eigenvalue weighted by molar-refractivity contribution is 7.57. The number of para-hydroxylation sites is 1. The maximum absolute atomic E-state index is 12.6. The van der Waals surface area contributed by atoms with E-state index in [0.29, 0.717) is 5.75 Å². The van der Waals surface area contributed by atoms with Crippen LogP contribution in [0.3, 0.4) is 0 Å². The Balaban J connectivity index is 2.76. The van der Waals surface area contributed by atoms with Crippen molar-refractivity contribution >= 4 is 13.5 Å². The van der Waals surface area contributed by atoms with Gasteiger partial charge >= 0.3 is 13.5 Å². The first-order chi connectivity index (χ1) is 9.50. The molecule has 0 spiro atoms. The Labute approximate surface area is 118 Å². The van der Waals surface area contributed by atoms with Crippen LogP contribution in [0, 0.1) is 0 Å². The normalized spacial score (nSPS) is 15.2. The number of carbonyl (C=O) groups is 1. The molecule has 0 aliphatic rings. The molecule has 0 amide bonds. The predicted octanol–water partition coefficient (Wildman–Crippen LogP) is 1.79. The second-order valence-corrected chi connectivity index (χ2v) is 6.36. The number of carbonyl (C=O) groups excluding carboxylic acids is 1. The summed E-state index contributed by atoms with van der Waals surface area (Å²) in [6.45, 7) is 3.16. The highest BCUT2D eigenvalue weighted by Gasteiger charge is 2.29. The summed E-state index contributed by atoms with van der Waals surface area (Å²) in [6, 6.07) is 7.82. The van der Waals surface area contributed by atoms with Crippen LogP contribution < -0.4 is 9.61 Å². The summed E-state index contributed by atoms with van der Waals surface area (Å²) in [7, 11) is -3.38. The van der Waals surface area contributed by atoms with E-state index in [1.165, 1.54) is 6.92 Å². The molecule has 0 aliphatic carbocycles. The van der Waals surface area contributed by atoms with Gasteiger partial charge in [-0.15, -0.1) is 0 Å². The van der Waals surface area contributed by atoms with Gasteiger partial charge in [0.05, 0.1) is 19.4 Å². The largest absolute Gasteiger partial charge is 0.465 e. The molecule has 0 saturated heterocycles. The smallest absolute Gasteiger partial charge is 0.323 e. The fourth-order valence-corrected chi connectivity index (χ4v) is 3.23. The van der Waals surface area contributed by atoms with E-state index < -0.39 is 19.5 Å². The fourth-order valence-electron chi connectivity index (χ4n) is 1.53. The quantitative estimate of drug-likeness (QED) is 0.562. The molecular formula is C13H20NO5P. The van der Waals surface area contributed by atoms with Gasteiger partial charge in [-0.05, 0) is 26.0 Å². The zero-order chi connectivity index (χ0) is 15.0. The van der Waals surface area contributed by atoms with E-state index in [1.807, 2.05) is 0 Å². The summed E-state index contributed by atoms with van der Waals surface area (Å²) in [6.07, 6.45) is -0.0916. The lowest BCUT2D eigenvalue weighted by Crippen LogP contribution is -2.35. The molecule has 0 aliphatic heterocycles. The molecule has 0 fully saturated rings. The van der Waals surface area contributed by atoms with Crippen LogP contribution in [0.4, 0.5) is 0 Å². The molecule has 0 heterocycles. The Hall–Kier alpha value is -1.36. The first-order valence-electron chi connectivity index (χ1n) is 6.39. The standard InChI is InChI=1S/C13H20NO5P/c1-3-18-13(16)11(2)14-20(17,10-9-15)19-12-7-5-4-6-8-12/h4-8,11,15H,3,9-10H2,1-2H3,(H,14,17)/t11-,20?/m0/s1. The Morgan fingerprint density at radius 2 is 2.05 bits per heavy atom. The number of hydrogen-bond acceptors (Lipinski definition) is 5. The highest BCUT2D eigenvalue weighted by atomic mass is 31.2. The van der Waals surface area contributed by atoms with E-state index in [4.69, 9.17) is 14.4 Å². The monoisotopic (exact) mass is 301 g/mol. The predicted molar refractivity (Wildman–Crippen MR) is 75.9 cm³/mol. The van der Waals surface area contributed by atoms with Crippen molar-refractivity contribution in [3.63, 3.8) is 0 Å². The molecule has 0 radical (unpaired) electrons. The zero-order valence-corrected chi connectivity index (χ0v) is 12.5. The van der Waals surface area contributed by atoms with Crippen LogP contribution in [0.15, 0.2) is 30.3 Å². The molecule has 2 atom stereocenters. The fraction of sp³-hybridized carbons (Fsp3) is 0.462. The minimum atomic E-state index is -3.38. The third-order valence-corrected chi connectivity index (χ3v) is 4.50. The minimum Gasteiger partial charge on any atom is -0.465 e. The van der Waals surface area contributed by atoms with Crippen LogP contribution in [0.5, 0.6) is 5.75 Å². The Morgan fingerprint density at radius 3 is 2.60 bits per heavy atom. The first kappa shape index (κ1) is 16.7. The van der Waals surface area contributed by atoms with Crippen LogP contribution in [-0.2, 0) is 14.1 Å². The Morgan fingerprint density at radius 1 is 1.40 bits per heavy atom. The molecule has 1 rings (SSSR count). The molecule has 0 bridgehead atoms. The second-order valence-electron chi connectivity index (χ2n) is 4.13. The lowest BCUT2D eigenvalue weighted by Gasteiger charge is -2.22. The van der Waals surface area contributed by atoms with Crippen molar-refractivity contribution in [2.24, 2.45) is 0 Å². The average molecular weight is 301 g/mol. The SMILES string of the molecule is CCOC(=O)[C@H](C)NP(=O)(CCO)Oc1ccccc1. The number of hydrogen-bond donors (Lipinski definition) is 2. The number of aliphatic hydroxyl groups excluding tert-OH is 1. The molecule has 112 valence electrons. The number of rotatable bonds is 8. The van der Waals surface area contributed by atoms with Gasteiger partial charge in [0.15, 0.2) is 0 Å². The van der Waals surface area contributed by atoms with E-state index >= 15 is 0 Å². The summed E-state index contributed by atoms with van der Waals surface area (Å²) in [5.74, 6) is -0.102. The number of ether oxygens (including phenoxy) is 1. The average Bonchev–Trinajstić information content (AvgIpc) is 2.40. The van der Waals surface area contributed by atoms with Gasteiger partial charge in [-0.25, -0.2) is 5.09 Å². The topological polar surface area (TPSA) is 84.9 Å². The van der Waals surface area contributed by atoms with Crippen LogP contribution >= 0.6 is 7.52 Å². The highest BCUT2D eigenvalue weighted by Crippen LogP contribution is 2.43. The number of aliphatic hydroxyl groups is 1.